The summed E-state index contributed by atoms with van der Waals surface area (Å²) >= 11 is 7.54. The minimum atomic E-state index is -0.612. The zero-order valence-electron chi connectivity index (χ0n) is 19.1. The van der Waals surface area contributed by atoms with Gasteiger partial charge in [0, 0.05) is 17.0 Å². The molecule has 1 heterocycles. The largest absolute Gasteiger partial charge is 0.492 e. The smallest absolute Gasteiger partial charge is 0.270 e. The number of nitrogens with one attached hydrogen (secondary N) is 2. The minimum absolute atomic E-state index is 0.0301. The summed E-state index contributed by atoms with van der Waals surface area (Å²) in [6, 6.07) is 10.9. The number of halogens is 1. The van der Waals surface area contributed by atoms with Crippen molar-refractivity contribution in [2.24, 2.45) is 0 Å². The molecule has 2 aromatic carbocycles. The SMILES string of the molecule is CCOc1ccccc1NC(=O)c1c(NC(=O)c2cc([N+](=O)[O-])ccc2Cl)sc2c1CCCCC2. The first-order chi connectivity index (χ1) is 16.9. The Morgan fingerprint density at radius 2 is 1.86 bits per heavy atom. The maximum absolute atomic E-state index is 13.5. The van der Waals surface area contributed by atoms with Gasteiger partial charge in [0.2, 0.25) is 0 Å². The van der Waals surface area contributed by atoms with Crippen molar-refractivity contribution in [1.29, 1.82) is 0 Å². The first-order valence-corrected chi connectivity index (χ1v) is 12.5. The van der Waals surface area contributed by atoms with Crippen LogP contribution in [0.1, 0.15) is 57.3 Å². The average molecular weight is 514 g/mol. The highest BCUT2D eigenvalue weighted by atomic mass is 35.5. The van der Waals surface area contributed by atoms with Crippen LogP contribution in [0.2, 0.25) is 5.02 Å². The van der Waals surface area contributed by atoms with Gasteiger partial charge in [0.25, 0.3) is 17.5 Å². The third-order valence-electron chi connectivity index (χ3n) is 5.72. The van der Waals surface area contributed by atoms with Gasteiger partial charge in [0.05, 0.1) is 33.4 Å². The number of hydrogen-bond acceptors (Lipinski definition) is 6. The molecule has 1 aliphatic rings. The van der Waals surface area contributed by atoms with Crippen LogP contribution in [-0.4, -0.2) is 23.3 Å². The first-order valence-electron chi connectivity index (χ1n) is 11.3. The van der Waals surface area contributed by atoms with Crippen molar-refractivity contribution < 1.29 is 19.2 Å². The van der Waals surface area contributed by atoms with Crippen LogP contribution in [0.15, 0.2) is 42.5 Å². The van der Waals surface area contributed by atoms with Crippen LogP contribution in [-0.2, 0) is 12.8 Å². The van der Waals surface area contributed by atoms with Gasteiger partial charge in [-0.05, 0) is 56.4 Å². The van der Waals surface area contributed by atoms with E-state index < -0.39 is 10.8 Å². The number of fused-ring (bicyclic) bond motifs is 1. The summed E-state index contributed by atoms with van der Waals surface area (Å²) in [7, 11) is 0. The van der Waals surface area contributed by atoms with Gasteiger partial charge in [-0.3, -0.25) is 19.7 Å². The summed E-state index contributed by atoms with van der Waals surface area (Å²) in [5, 5.41) is 17.4. The van der Waals surface area contributed by atoms with Crippen LogP contribution in [0, 0.1) is 10.1 Å². The molecule has 1 aliphatic carbocycles. The van der Waals surface area contributed by atoms with Gasteiger partial charge < -0.3 is 15.4 Å². The van der Waals surface area contributed by atoms with Gasteiger partial charge in [-0.2, -0.15) is 0 Å². The van der Waals surface area contributed by atoms with Crippen molar-refractivity contribution in [3.8, 4) is 5.75 Å². The van der Waals surface area contributed by atoms with Crippen molar-refractivity contribution in [3.63, 3.8) is 0 Å². The number of nitro groups is 1. The lowest BCUT2D eigenvalue weighted by molar-refractivity contribution is -0.384. The summed E-state index contributed by atoms with van der Waals surface area (Å²) in [5.74, 6) is -0.408. The molecule has 2 amide bonds. The number of carbonyl (C=O) groups excluding carboxylic acids is 2. The number of amides is 2. The molecule has 10 heteroatoms. The predicted molar refractivity (Wildman–Crippen MR) is 137 cm³/mol. The van der Waals surface area contributed by atoms with Crippen molar-refractivity contribution in [2.45, 2.75) is 39.0 Å². The molecule has 0 bridgehead atoms. The summed E-state index contributed by atoms with van der Waals surface area (Å²) in [5.41, 5.74) is 1.60. The second kappa shape index (κ2) is 10.9. The van der Waals surface area contributed by atoms with E-state index in [1.54, 1.807) is 18.2 Å². The number of aryl methyl sites for hydroxylation is 1. The molecule has 0 atom stereocenters. The number of para-hydroxylation sites is 2. The molecule has 0 fully saturated rings. The third-order valence-corrected chi connectivity index (χ3v) is 7.25. The maximum Gasteiger partial charge on any atom is 0.270 e. The Balaban J connectivity index is 1.70. The lowest BCUT2D eigenvalue weighted by atomic mass is 10.0. The summed E-state index contributed by atoms with van der Waals surface area (Å²) < 4.78 is 5.63. The predicted octanol–water partition coefficient (Wildman–Crippen LogP) is 6.48. The quantitative estimate of drug-likeness (QED) is 0.213. The number of benzene rings is 2. The zero-order chi connectivity index (χ0) is 24.9. The van der Waals surface area contributed by atoms with Crippen molar-refractivity contribution in [2.75, 3.05) is 17.2 Å². The average Bonchev–Trinajstić information content (AvgIpc) is 3.00. The number of nitro benzene ring substituents is 1. The normalized spacial score (nSPS) is 12.9. The summed E-state index contributed by atoms with van der Waals surface area (Å²) in [6.07, 6.45) is 4.58. The van der Waals surface area contributed by atoms with E-state index in [9.17, 15) is 19.7 Å². The number of hydrogen-bond donors (Lipinski definition) is 2. The van der Waals surface area contributed by atoms with Gasteiger partial charge in [-0.1, -0.05) is 30.2 Å². The molecule has 0 unspecified atom stereocenters. The fourth-order valence-corrected chi connectivity index (χ4v) is 5.56. The van der Waals surface area contributed by atoms with Gasteiger partial charge in [0.15, 0.2) is 0 Å². The van der Waals surface area contributed by atoms with E-state index in [2.05, 4.69) is 10.6 Å². The molecule has 182 valence electrons. The number of non-ortho nitro benzene ring substituents is 1. The van der Waals surface area contributed by atoms with E-state index in [0.29, 0.717) is 28.6 Å². The van der Waals surface area contributed by atoms with E-state index in [4.69, 9.17) is 16.3 Å². The Kier molecular flexibility index (Phi) is 7.67. The minimum Gasteiger partial charge on any atom is -0.492 e. The molecular weight excluding hydrogens is 490 g/mol. The van der Waals surface area contributed by atoms with Gasteiger partial charge >= 0.3 is 0 Å². The molecule has 0 aliphatic heterocycles. The van der Waals surface area contributed by atoms with Gasteiger partial charge in [0.1, 0.15) is 10.8 Å². The fourth-order valence-electron chi connectivity index (χ4n) is 4.08. The number of thiophene rings is 1. The molecule has 3 aromatic rings. The Bertz CT molecular complexity index is 1290. The molecular formula is C25H24ClN3O5S. The highest BCUT2D eigenvalue weighted by Gasteiger charge is 2.27. The number of anilines is 2. The van der Waals surface area contributed by atoms with Crippen molar-refractivity contribution in [1.82, 2.24) is 0 Å². The number of nitrogens with zero attached hydrogens (tertiary/aromatic N) is 1. The second-order valence-corrected chi connectivity index (χ2v) is 9.54. The first kappa shape index (κ1) is 24.7. The number of rotatable bonds is 7. The highest BCUT2D eigenvalue weighted by molar-refractivity contribution is 7.17. The Morgan fingerprint density at radius 3 is 2.63 bits per heavy atom. The third kappa shape index (κ3) is 5.47. The van der Waals surface area contributed by atoms with E-state index in [0.717, 1.165) is 48.6 Å². The van der Waals surface area contributed by atoms with Crippen molar-refractivity contribution in [3.05, 3.63) is 79.2 Å². The molecule has 2 N–H and O–H groups in total. The number of ether oxygens (including phenoxy) is 1. The maximum atomic E-state index is 13.5. The molecule has 0 saturated heterocycles. The Hall–Kier alpha value is -3.43. The van der Waals surface area contributed by atoms with Crippen LogP contribution >= 0.6 is 22.9 Å². The van der Waals surface area contributed by atoms with Gasteiger partial charge in [-0.15, -0.1) is 11.3 Å². The van der Waals surface area contributed by atoms with E-state index in [1.165, 1.54) is 23.5 Å². The lowest BCUT2D eigenvalue weighted by Gasteiger charge is -2.13. The van der Waals surface area contributed by atoms with Crippen molar-refractivity contribution >= 4 is 51.1 Å². The fraction of sp³-hybridized carbons (Fsp3) is 0.280. The molecule has 1 aromatic heterocycles. The van der Waals surface area contributed by atoms with E-state index >= 15 is 0 Å². The Morgan fingerprint density at radius 1 is 1.09 bits per heavy atom. The van der Waals surface area contributed by atoms with Crippen LogP contribution in [0.5, 0.6) is 5.75 Å². The standard InChI is InChI=1S/C25H24ClN3O5S/c1-2-34-20-10-7-6-9-19(20)27-24(31)22-16-8-4-3-5-11-21(16)35-25(22)28-23(30)17-14-15(29(32)33)12-13-18(17)26/h6-7,9-10,12-14H,2-5,8,11H2,1H3,(H,27,31)(H,28,30). The van der Waals surface area contributed by atoms with Crippen LogP contribution in [0.4, 0.5) is 16.4 Å². The van der Waals surface area contributed by atoms with Crippen LogP contribution in [0.25, 0.3) is 0 Å². The second-order valence-electron chi connectivity index (χ2n) is 8.03. The Labute approximate surface area is 211 Å². The summed E-state index contributed by atoms with van der Waals surface area (Å²) in [6.45, 7) is 2.32. The molecule has 8 nitrogen and oxygen atoms in total. The molecule has 35 heavy (non-hydrogen) atoms. The van der Waals surface area contributed by atoms with Crippen LogP contribution < -0.4 is 15.4 Å². The van der Waals surface area contributed by atoms with E-state index in [-0.39, 0.29) is 22.2 Å². The molecule has 0 saturated carbocycles. The number of carbonyl (C=O) groups is 2. The highest BCUT2D eigenvalue weighted by Crippen LogP contribution is 2.39. The monoisotopic (exact) mass is 513 g/mol. The summed E-state index contributed by atoms with van der Waals surface area (Å²) in [4.78, 5) is 38.3. The molecule has 4 rings (SSSR count). The van der Waals surface area contributed by atoms with E-state index in [1.807, 2.05) is 13.0 Å². The molecule has 0 spiro atoms. The van der Waals surface area contributed by atoms with Crippen LogP contribution in [0.3, 0.4) is 0 Å². The molecule has 0 radical (unpaired) electrons. The topological polar surface area (TPSA) is 111 Å². The zero-order valence-corrected chi connectivity index (χ0v) is 20.6. The van der Waals surface area contributed by atoms with Gasteiger partial charge in [-0.25, -0.2) is 0 Å². The lowest BCUT2D eigenvalue weighted by Crippen LogP contribution is -2.19.